The summed E-state index contributed by atoms with van der Waals surface area (Å²) in [7, 11) is 0. The number of thiazole rings is 1. The molecule has 0 atom stereocenters. The Bertz CT molecular complexity index is 625. The van der Waals surface area contributed by atoms with E-state index in [2.05, 4.69) is 10.3 Å². The van der Waals surface area contributed by atoms with Gasteiger partial charge in [0.15, 0.2) is 16.6 Å². The van der Waals surface area contributed by atoms with Crippen LogP contribution in [0.25, 0.3) is 0 Å². The summed E-state index contributed by atoms with van der Waals surface area (Å²) < 4.78 is 18.1. The average Bonchev–Trinajstić information content (AvgIpc) is 2.85. The summed E-state index contributed by atoms with van der Waals surface area (Å²) in [6.45, 7) is 1.99. The summed E-state index contributed by atoms with van der Waals surface area (Å²) in [6, 6.07) is 2.77. The van der Waals surface area contributed by atoms with Crippen molar-refractivity contribution in [2.24, 2.45) is 0 Å². The fourth-order valence-corrected chi connectivity index (χ4v) is 2.57. The van der Waals surface area contributed by atoms with Crippen molar-refractivity contribution >= 4 is 51.3 Å². The number of halogens is 3. The van der Waals surface area contributed by atoms with Crippen molar-refractivity contribution in [1.29, 1.82) is 0 Å². The maximum absolute atomic E-state index is 13.3. The lowest BCUT2D eigenvalue weighted by atomic mass is 10.3. The minimum absolute atomic E-state index is 0.0952. The van der Waals surface area contributed by atoms with E-state index in [1.807, 2.05) is 0 Å². The number of hydrogen-bond donors (Lipinski definition) is 1. The Kier molecular flexibility index (Phi) is 4.80. The van der Waals surface area contributed by atoms with Crippen molar-refractivity contribution in [1.82, 2.24) is 4.98 Å². The molecule has 106 valence electrons. The van der Waals surface area contributed by atoms with Crippen LogP contribution < -0.4 is 5.32 Å². The maximum atomic E-state index is 13.3. The fourth-order valence-electron chi connectivity index (χ4n) is 1.38. The molecule has 0 radical (unpaired) electrons. The molecule has 2 aromatic rings. The van der Waals surface area contributed by atoms with Crippen molar-refractivity contribution in [3.05, 3.63) is 39.1 Å². The van der Waals surface area contributed by atoms with Crippen LogP contribution in [0.3, 0.4) is 0 Å². The standard InChI is InChI=1S/C12H9Cl2FN2O2S/c1-2-19-11(18)9-5-20-12(17-9)16-6-3-7(13)10(15)8(14)4-6/h3-5H,2H2,1H3,(H,16,17). The summed E-state index contributed by atoms with van der Waals surface area (Å²) >= 11 is 12.6. The number of aromatic nitrogens is 1. The molecule has 0 aliphatic carbocycles. The summed E-state index contributed by atoms with van der Waals surface area (Å²) in [6.07, 6.45) is 0. The average molecular weight is 335 g/mol. The van der Waals surface area contributed by atoms with Gasteiger partial charge in [-0.15, -0.1) is 11.3 Å². The normalized spacial score (nSPS) is 10.4. The number of carbonyl (C=O) groups excluding carboxylic acids is 1. The van der Waals surface area contributed by atoms with Gasteiger partial charge in [0, 0.05) is 11.1 Å². The van der Waals surface area contributed by atoms with E-state index >= 15 is 0 Å². The minimum Gasteiger partial charge on any atom is -0.461 e. The zero-order valence-electron chi connectivity index (χ0n) is 10.2. The second-order valence-corrected chi connectivity index (χ2v) is 5.31. The molecule has 0 spiro atoms. The number of hydrogen-bond acceptors (Lipinski definition) is 5. The number of nitrogens with one attached hydrogen (secondary N) is 1. The van der Waals surface area contributed by atoms with Crippen LogP contribution in [0.2, 0.25) is 10.0 Å². The van der Waals surface area contributed by atoms with Crippen molar-refractivity contribution in [2.75, 3.05) is 11.9 Å². The molecule has 0 fully saturated rings. The Morgan fingerprint density at radius 2 is 2.10 bits per heavy atom. The molecule has 0 saturated carbocycles. The number of ether oxygens (including phenoxy) is 1. The summed E-state index contributed by atoms with van der Waals surface area (Å²) in [5.41, 5.74) is 0.685. The Morgan fingerprint density at radius 1 is 1.45 bits per heavy atom. The third-order valence-electron chi connectivity index (χ3n) is 2.22. The lowest BCUT2D eigenvalue weighted by Gasteiger charge is -2.05. The smallest absolute Gasteiger partial charge is 0.357 e. The molecule has 20 heavy (non-hydrogen) atoms. The number of benzene rings is 1. The predicted octanol–water partition coefficient (Wildman–Crippen LogP) is 4.51. The van der Waals surface area contributed by atoms with E-state index in [-0.39, 0.29) is 22.3 Å². The molecule has 0 saturated heterocycles. The van der Waals surface area contributed by atoms with Crippen LogP contribution in [0.4, 0.5) is 15.2 Å². The van der Waals surface area contributed by atoms with Gasteiger partial charge >= 0.3 is 5.97 Å². The van der Waals surface area contributed by atoms with Crippen LogP contribution >= 0.6 is 34.5 Å². The molecule has 0 aliphatic heterocycles. The number of rotatable bonds is 4. The number of nitrogens with zero attached hydrogens (tertiary/aromatic N) is 1. The third kappa shape index (κ3) is 3.39. The van der Waals surface area contributed by atoms with Gasteiger partial charge in [0.1, 0.15) is 0 Å². The zero-order chi connectivity index (χ0) is 14.7. The summed E-state index contributed by atoms with van der Waals surface area (Å²) in [5.74, 6) is -1.17. The number of anilines is 2. The molecule has 0 unspecified atom stereocenters. The van der Waals surface area contributed by atoms with Crippen molar-refractivity contribution in [3.8, 4) is 0 Å². The molecule has 1 N–H and O–H groups in total. The van der Waals surface area contributed by atoms with Gasteiger partial charge in [-0.2, -0.15) is 0 Å². The molecule has 8 heteroatoms. The van der Waals surface area contributed by atoms with E-state index < -0.39 is 11.8 Å². The predicted molar refractivity (Wildman–Crippen MR) is 77.8 cm³/mol. The van der Waals surface area contributed by atoms with E-state index in [0.717, 1.165) is 0 Å². The second kappa shape index (κ2) is 6.39. The van der Waals surface area contributed by atoms with Gasteiger partial charge in [-0.1, -0.05) is 23.2 Å². The molecular weight excluding hydrogens is 326 g/mol. The minimum atomic E-state index is -0.676. The molecule has 1 aromatic heterocycles. The van der Waals surface area contributed by atoms with Gasteiger partial charge < -0.3 is 10.1 Å². The Balaban J connectivity index is 2.17. The van der Waals surface area contributed by atoms with Crippen LogP contribution in [-0.2, 0) is 4.74 Å². The topological polar surface area (TPSA) is 51.2 Å². The molecule has 1 heterocycles. The molecule has 0 amide bonds. The highest BCUT2D eigenvalue weighted by molar-refractivity contribution is 7.14. The maximum Gasteiger partial charge on any atom is 0.357 e. The first-order valence-electron chi connectivity index (χ1n) is 5.55. The Morgan fingerprint density at radius 3 is 2.70 bits per heavy atom. The van der Waals surface area contributed by atoms with Gasteiger partial charge in [-0.05, 0) is 19.1 Å². The van der Waals surface area contributed by atoms with E-state index in [0.29, 0.717) is 10.8 Å². The number of esters is 1. The summed E-state index contributed by atoms with van der Waals surface area (Å²) in [5, 5.41) is 4.72. The molecule has 0 bridgehead atoms. The summed E-state index contributed by atoms with van der Waals surface area (Å²) in [4.78, 5) is 15.5. The molecular formula is C12H9Cl2FN2O2S. The zero-order valence-corrected chi connectivity index (χ0v) is 12.6. The Labute approximate surface area is 128 Å². The first kappa shape index (κ1) is 15.0. The van der Waals surface area contributed by atoms with E-state index in [1.165, 1.54) is 23.5 Å². The first-order valence-corrected chi connectivity index (χ1v) is 7.19. The van der Waals surface area contributed by atoms with Crippen molar-refractivity contribution < 1.29 is 13.9 Å². The van der Waals surface area contributed by atoms with Gasteiger partial charge in [0.05, 0.1) is 16.7 Å². The fraction of sp³-hybridized carbons (Fsp3) is 0.167. The number of carbonyl (C=O) groups is 1. The molecule has 0 aliphatic rings. The largest absolute Gasteiger partial charge is 0.461 e. The monoisotopic (exact) mass is 334 g/mol. The van der Waals surface area contributed by atoms with E-state index in [9.17, 15) is 9.18 Å². The van der Waals surface area contributed by atoms with Gasteiger partial charge in [-0.25, -0.2) is 14.2 Å². The highest BCUT2D eigenvalue weighted by Crippen LogP contribution is 2.30. The molecule has 4 nitrogen and oxygen atoms in total. The SMILES string of the molecule is CCOC(=O)c1csc(Nc2cc(Cl)c(F)c(Cl)c2)n1. The van der Waals surface area contributed by atoms with Gasteiger partial charge in [0.2, 0.25) is 0 Å². The van der Waals surface area contributed by atoms with Crippen molar-refractivity contribution in [2.45, 2.75) is 6.92 Å². The first-order chi connectivity index (χ1) is 9.51. The van der Waals surface area contributed by atoms with Crippen LogP contribution in [0.5, 0.6) is 0 Å². The van der Waals surface area contributed by atoms with E-state index in [1.54, 1.807) is 12.3 Å². The lowest BCUT2D eigenvalue weighted by molar-refractivity contribution is 0.0520. The van der Waals surface area contributed by atoms with Crippen LogP contribution in [-0.4, -0.2) is 17.6 Å². The molecule has 2 rings (SSSR count). The second-order valence-electron chi connectivity index (χ2n) is 3.64. The van der Waals surface area contributed by atoms with Crippen LogP contribution in [0.1, 0.15) is 17.4 Å². The lowest BCUT2D eigenvalue weighted by Crippen LogP contribution is -2.05. The highest BCUT2D eigenvalue weighted by Gasteiger charge is 2.13. The van der Waals surface area contributed by atoms with E-state index in [4.69, 9.17) is 27.9 Å². The van der Waals surface area contributed by atoms with Gasteiger partial charge in [0.25, 0.3) is 0 Å². The van der Waals surface area contributed by atoms with Crippen molar-refractivity contribution in [3.63, 3.8) is 0 Å². The van der Waals surface area contributed by atoms with Crippen LogP contribution in [0, 0.1) is 5.82 Å². The third-order valence-corrected chi connectivity index (χ3v) is 3.53. The Hall–Kier alpha value is -1.37. The quantitative estimate of drug-likeness (QED) is 0.660. The highest BCUT2D eigenvalue weighted by atomic mass is 35.5. The van der Waals surface area contributed by atoms with Gasteiger partial charge in [-0.3, -0.25) is 0 Å². The van der Waals surface area contributed by atoms with Crippen LogP contribution in [0.15, 0.2) is 17.5 Å². The molecule has 1 aromatic carbocycles.